The van der Waals surface area contributed by atoms with Crippen molar-refractivity contribution in [2.45, 2.75) is 25.9 Å². The first-order valence-corrected chi connectivity index (χ1v) is 10.0. The third-order valence-corrected chi connectivity index (χ3v) is 5.07. The van der Waals surface area contributed by atoms with Crippen molar-refractivity contribution in [1.29, 1.82) is 0 Å². The largest absolute Gasteiger partial charge is 0.493 e. The van der Waals surface area contributed by atoms with Gasteiger partial charge in [0, 0.05) is 37.0 Å². The Hall–Kier alpha value is -4.06. The van der Waals surface area contributed by atoms with Crippen LogP contribution in [0.3, 0.4) is 0 Å². The number of carbonyl (C=O) groups is 1. The Morgan fingerprint density at radius 2 is 1.85 bits per heavy atom. The molecule has 3 rings (SSSR count). The van der Waals surface area contributed by atoms with Crippen LogP contribution in [0.2, 0.25) is 0 Å². The van der Waals surface area contributed by atoms with E-state index >= 15 is 0 Å². The normalized spacial score (nSPS) is 11.8. The molecule has 0 bridgehead atoms. The Morgan fingerprint density at radius 1 is 1.18 bits per heavy atom. The Balaban J connectivity index is 1.80. The monoisotopic (exact) mass is 457 g/mol. The molecular formula is C21H27N7O5. The number of nitrogens with zero attached hydrogens (tertiary/aromatic N) is 3. The van der Waals surface area contributed by atoms with Crippen LogP contribution in [0.25, 0.3) is 11.0 Å². The number of hydrogen-bond acceptors (Lipinski definition) is 11. The van der Waals surface area contributed by atoms with Gasteiger partial charge in [-0.25, -0.2) is 4.98 Å². The Kier molecular flexibility index (Phi) is 7.18. The lowest BCUT2D eigenvalue weighted by molar-refractivity contribution is -0.138. The number of fused-ring (bicyclic) bond motifs is 1. The van der Waals surface area contributed by atoms with Crippen LogP contribution in [0.15, 0.2) is 18.3 Å². The van der Waals surface area contributed by atoms with Crippen molar-refractivity contribution in [1.82, 2.24) is 15.0 Å². The number of pyridine rings is 1. The summed E-state index contributed by atoms with van der Waals surface area (Å²) in [6.45, 7) is 2.43. The van der Waals surface area contributed by atoms with Gasteiger partial charge in [0.25, 0.3) is 0 Å². The molecule has 12 nitrogen and oxygen atoms in total. The standard InChI is InChI=1S/C21H27N7O5/c1-10-11(9-26-19-16(10)18(23)27-21(24)28-19)8-25-12-6-14(31-2)17(15(7-12)32-3)33-5-4-13(22)20(29)30/h6-7,9,13,25H,4-5,8,22H2,1-3H3,(H,29,30)(H4,23,24,26,27,28)/t13-/m0/s1. The zero-order chi connectivity index (χ0) is 24.1. The Labute approximate surface area is 190 Å². The van der Waals surface area contributed by atoms with Crippen molar-refractivity contribution in [2.24, 2.45) is 5.73 Å². The van der Waals surface area contributed by atoms with Crippen LogP contribution < -0.4 is 36.7 Å². The molecule has 0 aliphatic heterocycles. The van der Waals surface area contributed by atoms with Crippen molar-refractivity contribution in [3.8, 4) is 17.2 Å². The molecule has 0 fully saturated rings. The van der Waals surface area contributed by atoms with Crippen molar-refractivity contribution in [3.63, 3.8) is 0 Å². The fourth-order valence-electron chi connectivity index (χ4n) is 3.24. The summed E-state index contributed by atoms with van der Waals surface area (Å²) in [4.78, 5) is 23.4. The number of hydrogen-bond donors (Lipinski definition) is 5. The van der Waals surface area contributed by atoms with E-state index in [0.29, 0.717) is 40.5 Å². The predicted octanol–water partition coefficient (Wildman–Crippen LogP) is 1.31. The van der Waals surface area contributed by atoms with Crippen LogP contribution in [0.1, 0.15) is 17.5 Å². The molecule has 0 spiro atoms. The Bertz CT molecular complexity index is 1150. The van der Waals surface area contributed by atoms with E-state index in [1.54, 1.807) is 18.3 Å². The third kappa shape index (κ3) is 5.23. The number of anilines is 3. The third-order valence-electron chi connectivity index (χ3n) is 5.07. The molecule has 8 N–H and O–H groups in total. The van der Waals surface area contributed by atoms with Gasteiger partial charge in [0.1, 0.15) is 11.9 Å². The number of aryl methyl sites for hydroxylation is 1. The summed E-state index contributed by atoms with van der Waals surface area (Å²) < 4.78 is 16.6. The number of aromatic nitrogens is 3. The average molecular weight is 457 g/mol. The van der Waals surface area contributed by atoms with E-state index in [-0.39, 0.29) is 24.8 Å². The number of rotatable bonds is 10. The number of carboxylic acids is 1. The van der Waals surface area contributed by atoms with Gasteiger partial charge in [-0.2, -0.15) is 9.97 Å². The van der Waals surface area contributed by atoms with Gasteiger partial charge in [0.2, 0.25) is 11.7 Å². The minimum Gasteiger partial charge on any atom is -0.493 e. The zero-order valence-corrected chi connectivity index (χ0v) is 18.6. The van der Waals surface area contributed by atoms with Crippen molar-refractivity contribution in [3.05, 3.63) is 29.5 Å². The van der Waals surface area contributed by atoms with Gasteiger partial charge in [-0.1, -0.05) is 0 Å². The molecule has 0 amide bonds. The van der Waals surface area contributed by atoms with Gasteiger partial charge >= 0.3 is 5.97 Å². The van der Waals surface area contributed by atoms with E-state index in [4.69, 9.17) is 36.5 Å². The molecule has 0 saturated heterocycles. The highest BCUT2D eigenvalue weighted by molar-refractivity contribution is 5.90. The molecule has 3 aromatic rings. The number of nitrogens with two attached hydrogens (primary N) is 3. The fourth-order valence-corrected chi connectivity index (χ4v) is 3.24. The van der Waals surface area contributed by atoms with Gasteiger partial charge < -0.3 is 41.8 Å². The second-order valence-electron chi connectivity index (χ2n) is 7.22. The van der Waals surface area contributed by atoms with Gasteiger partial charge in [0.05, 0.1) is 26.2 Å². The number of ether oxygens (including phenoxy) is 3. The summed E-state index contributed by atoms with van der Waals surface area (Å²) in [5.41, 5.74) is 20.1. The highest BCUT2D eigenvalue weighted by Gasteiger charge is 2.17. The second-order valence-corrected chi connectivity index (χ2v) is 7.22. The maximum atomic E-state index is 10.9. The molecule has 2 heterocycles. The first kappa shape index (κ1) is 23.6. The molecule has 1 aromatic carbocycles. The van der Waals surface area contributed by atoms with E-state index in [0.717, 1.165) is 11.1 Å². The lowest BCUT2D eigenvalue weighted by Crippen LogP contribution is -2.31. The predicted molar refractivity (Wildman–Crippen MR) is 123 cm³/mol. The fraction of sp³-hybridized carbons (Fsp3) is 0.333. The van der Waals surface area contributed by atoms with Crippen LogP contribution in [-0.2, 0) is 11.3 Å². The maximum Gasteiger partial charge on any atom is 0.320 e. The second kappa shape index (κ2) is 10.0. The Morgan fingerprint density at radius 3 is 2.45 bits per heavy atom. The summed E-state index contributed by atoms with van der Waals surface area (Å²) in [5, 5.41) is 12.9. The van der Waals surface area contributed by atoms with E-state index < -0.39 is 12.0 Å². The molecule has 0 radical (unpaired) electrons. The number of carboxylic acid groups (broad SMARTS) is 1. The minimum absolute atomic E-state index is 0.0733. The molecular weight excluding hydrogens is 430 g/mol. The quantitative estimate of drug-likeness (QED) is 0.293. The van der Waals surface area contributed by atoms with Crippen LogP contribution in [0.5, 0.6) is 17.2 Å². The zero-order valence-electron chi connectivity index (χ0n) is 18.6. The number of nitrogen functional groups attached to an aromatic ring is 2. The van der Waals surface area contributed by atoms with Crippen molar-refractivity contribution >= 4 is 34.5 Å². The highest BCUT2D eigenvalue weighted by atomic mass is 16.5. The van der Waals surface area contributed by atoms with E-state index in [1.165, 1.54) is 14.2 Å². The van der Waals surface area contributed by atoms with Crippen LogP contribution in [0, 0.1) is 6.92 Å². The van der Waals surface area contributed by atoms with E-state index in [2.05, 4.69) is 20.3 Å². The molecule has 2 aromatic heterocycles. The lowest BCUT2D eigenvalue weighted by Gasteiger charge is -2.18. The molecule has 176 valence electrons. The summed E-state index contributed by atoms with van der Waals surface area (Å²) in [5.74, 6) is 0.451. The van der Waals surface area contributed by atoms with Gasteiger partial charge in [-0.05, 0) is 18.1 Å². The summed E-state index contributed by atoms with van der Waals surface area (Å²) in [6.07, 6.45) is 1.84. The summed E-state index contributed by atoms with van der Waals surface area (Å²) in [7, 11) is 3.00. The SMILES string of the molecule is COc1cc(NCc2cnc3nc(N)nc(N)c3c2C)cc(OC)c1OCC[C@H](N)C(=O)O. The first-order valence-electron chi connectivity index (χ1n) is 10.0. The molecule has 1 atom stereocenters. The number of benzene rings is 1. The molecule has 0 unspecified atom stereocenters. The highest BCUT2D eigenvalue weighted by Crippen LogP contribution is 2.40. The minimum atomic E-state index is -1.09. The smallest absolute Gasteiger partial charge is 0.320 e. The number of methoxy groups -OCH3 is 2. The number of aliphatic carboxylic acids is 1. The molecule has 33 heavy (non-hydrogen) atoms. The summed E-state index contributed by atoms with van der Waals surface area (Å²) in [6, 6.07) is 2.48. The van der Waals surface area contributed by atoms with Crippen molar-refractivity contribution < 1.29 is 24.1 Å². The van der Waals surface area contributed by atoms with Gasteiger partial charge in [0.15, 0.2) is 17.1 Å². The summed E-state index contributed by atoms with van der Waals surface area (Å²) >= 11 is 0. The van der Waals surface area contributed by atoms with Crippen molar-refractivity contribution in [2.75, 3.05) is 37.6 Å². The van der Waals surface area contributed by atoms with E-state index in [9.17, 15) is 4.79 Å². The van der Waals surface area contributed by atoms with Crippen LogP contribution in [0.4, 0.5) is 17.5 Å². The molecule has 0 aliphatic rings. The maximum absolute atomic E-state index is 10.9. The van der Waals surface area contributed by atoms with E-state index in [1.807, 2.05) is 6.92 Å². The van der Waals surface area contributed by atoms with Crippen LogP contribution >= 0.6 is 0 Å². The van der Waals surface area contributed by atoms with Crippen LogP contribution in [-0.4, -0.2) is 52.9 Å². The topological polar surface area (TPSA) is 194 Å². The van der Waals surface area contributed by atoms with Gasteiger partial charge in [-0.3, -0.25) is 4.79 Å². The molecule has 0 aliphatic carbocycles. The molecule has 12 heteroatoms. The average Bonchev–Trinajstić information content (AvgIpc) is 2.78. The first-order chi connectivity index (χ1) is 15.7. The molecule has 0 saturated carbocycles. The lowest BCUT2D eigenvalue weighted by atomic mass is 10.1. The van der Waals surface area contributed by atoms with Gasteiger partial charge in [-0.15, -0.1) is 0 Å². The number of nitrogens with one attached hydrogen (secondary N) is 1.